The van der Waals surface area contributed by atoms with Gasteiger partial charge in [-0.25, -0.2) is 13.2 Å². The molecule has 0 aliphatic carbocycles. The van der Waals surface area contributed by atoms with Gasteiger partial charge in [0.2, 0.25) is 15.9 Å². The molecule has 9 heteroatoms. The average Bonchev–Trinajstić information content (AvgIpc) is 2.76. The lowest BCUT2D eigenvalue weighted by Gasteiger charge is -2.18. The Hall–Kier alpha value is -1.45. The van der Waals surface area contributed by atoms with Gasteiger partial charge in [0, 0.05) is 11.0 Å². The lowest BCUT2D eigenvalue weighted by atomic mass is 10.1. The van der Waals surface area contributed by atoms with Crippen LogP contribution in [0.4, 0.5) is 0 Å². The van der Waals surface area contributed by atoms with Crippen LogP contribution in [0.25, 0.3) is 0 Å². The number of aliphatic carboxylic acids is 1. The molecule has 22 heavy (non-hydrogen) atoms. The van der Waals surface area contributed by atoms with Crippen LogP contribution in [-0.2, 0) is 19.6 Å². The summed E-state index contributed by atoms with van der Waals surface area (Å²) in [5.74, 6) is -1.82. The third kappa shape index (κ3) is 4.05. The van der Waals surface area contributed by atoms with E-state index < -0.39 is 27.9 Å². The van der Waals surface area contributed by atoms with Gasteiger partial charge in [0.15, 0.2) is 6.04 Å². The summed E-state index contributed by atoms with van der Waals surface area (Å²) < 4.78 is 25.2. The van der Waals surface area contributed by atoms with E-state index in [2.05, 4.69) is 21.2 Å². The number of carboxylic acid groups (broad SMARTS) is 1. The third-order valence-electron chi connectivity index (χ3n) is 3.28. The maximum Gasteiger partial charge on any atom is 0.330 e. The van der Waals surface area contributed by atoms with Crippen LogP contribution in [0.15, 0.2) is 28.7 Å². The average molecular weight is 391 g/mol. The van der Waals surface area contributed by atoms with Crippen molar-refractivity contribution in [2.75, 3.05) is 18.8 Å². The van der Waals surface area contributed by atoms with Crippen LogP contribution in [0, 0.1) is 0 Å². The molecule has 1 atom stereocenters. The van der Waals surface area contributed by atoms with E-state index in [4.69, 9.17) is 0 Å². The van der Waals surface area contributed by atoms with E-state index in [1.54, 1.807) is 24.3 Å². The zero-order valence-corrected chi connectivity index (χ0v) is 13.9. The Morgan fingerprint density at radius 3 is 2.45 bits per heavy atom. The molecule has 1 aromatic carbocycles. The number of benzene rings is 1. The Balaban J connectivity index is 2.06. The van der Waals surface area contributed by atoms with Crippen LogP contribution >= 0.6 is 15.9 Å². The van der Waals surface area contributed by atoms with E-state index in [1.807, 2.05) is 0 Å². The molecule has 7 nitrogen and oxygen atoms in total. The van der Waals surface area contributed by atoms with Gasteiger partial charge in [-0.1, -0.05) is 28.1 Å². The van der Waals surface area contributed by atoms with Crippen LogP contribution in [0.3, 0.4) is 0 Å². The van der Waals surface area contributed by atoms with E-state index in [9.17, 15) is 23.1 Å². The first kappa shape index (κ1) is 16.9. The van der Waals surface area contributed by atoms with E-state index in [0.717, 1.165) is 8.78 Å². The minimum Gasteiger partial charge on any atom is -0.479 e. The number of rotatable bonds is 5. The molecule has 0 spiro atoms. The fraction of sp³-hybridized carbons (Fsp3) is 0.385. The van der Waals surface area contributed by atoms with Crippen molar-refractivity contribution in [3.05, 3.63) is 34.3 Å². The zero-order valence-electron chi connectivity index (χ0n) is 11.5. The highest BCUT2D eigenvalue weighted by molar-refractivity contribution is 9.10. The standard InChI is InChI=1S/C13H15BrN2O5S/c14-10-4-2-9(3-5-10)12(13(18)19)15-11(17)8-16-6-1-7-22(16,20)21/h2-5,12H,1,6-8H2,(H,15,17)(H,18,19). The van der Waals surface area contributed by atoms with Crippen molar-refractivity contribution < 1.29 is 23.1 Å². The number of nitrogens with zero attached hydrogens (tertiary/aromatic N) is 1. The first-order valence-corrected chi connectivity index (χ1v) is 8.95. The Morgan fingerprint density at radius 2 is 1.95 bits per heavy atom. The van der Waals surface area contributed by atoms with Crippen LogP contribution in [0.1, 0.15) is 18.0 Å². The largest absolute Gasteiger partial charge is 0.479 e. The van der Waals surface area contributed by atoms with Gasteiger partial charge in [0.05, 0.1) is 12.3 Å². The molecule has 2 rings (SSSR count). The summed E-state index contributed by atoms with van der Waals surface area (Å²) in [7, 11) is -3.39. The molecule has 0 radical (unpaired) electrons. The highest BCUT2D eigenvalue weighted by Gasteiger charge is 2.31. The summed E-state index contributed by atoms with van der Waals surface area (Å²) in [4.78, 5) is 23.3. The van der Waals surface area contributed by atoms with Gasteiger partial charge in [-0.2, -0.15) is 4.31 Å². The smallest absolute Gasteiger partial charge is 0.330 e. The Morgan fingerprint density at radius 1 is 1.32 bits per heavy atom. The summed E-state index contributed by atoms with van der Waals surface area (Å²) in [5.41, 5.74) is 0.410. The van der Waals surface area contributed by atoms with Crippen molar-refractivity contribution in [1.29, 1.82) is 0 Å². The van der Waals surface area contributed by atoms with Gasteiger partial charge in [0.1, 0.15) is 0 Å². The Bertz CT molecular complexity index is 674. The summed E-state index contributed by atoms with van der Waals surface area (Å²) in [6.07, 6.45) is 0.477. The van der Waals surface area contributed by atoms with Gasteiger partial charge in [-0.05, 0) is 24.1 Å². The summed E-state index contributed by atoms with van der Waals surface area (Å²) in [5, 5.41) is 11.6. The number of hydrogen-bond acceptors (Lipinski definition) is 4. The monoisotopic (exact) mass is 390 g/mol. The van der Waals surface area contributed by atoms with Gasteiger partial charge < -0.3 is 10.4 Å². The van der Waals surface area contributed by atoms with Gasteiger partial charge in [0.25, 0.3) is 0 Å². The molecule has 1 amide bonds. The lowest BCUT2D eigenvalue weighted by molar-refractivity contribution is -0.142. The number of halogens is 1. The Labute approximate surface area is 136 Å². The van der Waals surface area contributed by atoms with Crippen LogP contribution in [0.2, 0.25) is 0 Å². The number of amides is 1. The van der Waals surface area contributed by atoms with E-state index in [0.29, 0.717) is 12.0 Å². The summed E-state index contributed by atoms with van der Waals surface area (Å²) >= 11 is 3.25. The third-order valence-corrected chi connectivity index (χ3v) is 5.71. The molecule has 2 N–H and O–H groups in total. The molecule has 1 saturated heterocycles. The first-order chi connectivity index (χ1) is 10.3. The van der Waals surface area contributed by atoms with E-state index >= 15 is 0 Å². The quantitative estimate of drug-likeness (QED) is 0.770. The molecule has 1 aliphatic rings. The SMILES string of the molecule is O=C(CN1CCCS1(=O)=O)NC(C(=O)O)c1ccc(Br)cc1. The maximum absolute atomic E-state index is 12.0. The minimum absolute atomic E-state index is 0.0232. The predicted molar refractivity (Wildman–Crippen MR) is 82.6 cm³/mol. The van der Waals surface area contributed by atoms with E-state index in [-0.39, 0.29) is 18.8 Å². The van der Waals surface area contributed by atoms with E-state index in [1.165, 1.54) is 0 Å². The number of sulfonamides is 1. The van der Waals surface area contributed by atoms with Crippen molar-refractivity contribution >= 4 is 37.8 Å². The summed E-state index contributed by atoms with van der Waals surface area (Å²) in [6.45, 7) is -0.0750. The number of nitrogens with one attached hydrogen (secondary N) is 1. The topological polar surface area (TPSA) is 104 Å². The molecule has 1 heterocycles. The lowest BCUT2D eigenvalue weighted by Crippen LogP contribution is -2.41. The molecule has 0 bridgehead atoms. The molecule has 1 unspecified atom stereocenters. The van der Waals surface area contributed by atoms with Gasteiger partial charge in [-0.15, -0.1) is 0 Å². The van der Waals surface area contributed by atoms with Crippen molar-refractivity contribution in [1.82, 2.24) is 9.62 Å². The van der Waals surface area contributed by atoms with Crippen LogP contribution in [-0.4, -0.2) is 48.5 Å². The fourth-order valence-electron chi connectivity index (χ4n) is 2.18. The van der Waals surface area contributed by atoms with Crippen molar-refractivity contribution in [2.24, 2.45) is 0 Å². The molecule has 1 fully saturated rings. The second-order valence-corrected chi connectivity index (χ2v) is 7.90. The number of carboxylic acids is 1. The molecular weight excluding hydrogens is 376 g/mol. The zero-order chi connectivity index (χ0) is 16.3. The minimum atomic E-state index is -3.39. The molecular formula is C13H15BrN2O5S. The molecule has 1 aromatic rings. The Kier molecular flexibility index (Phi) is 5.20. The highest BCUT2D eigenvalue weighted by atomic mass is 79.9. The molecule has 0 saturated carbocycles. The number of carbonyl (C=O) groups is 2. The molecule has 1 aliphatic heterocycles. The fourth-order valence-corrected chi connectivity index (χ4v) is 3.92. The maximum atomic E-state index is 12.0. The highest BCUT2D eigenvalue weighted by Crippen LogP contribution is 2.18. The van der Waals surface area contributed by atoms with Crippen molar-refractivity contribution in [3.8, 4) is 0 Å². The predicted octanol–water partition coefficient (Wildman–Crippen LogP) is 0.727. The van der Waals surface area contributed by atoms with Crippen molar-refractivity contribution in [2.45, 2.75) is 12.5 Å². The van der Waals surface area contributed by atoms with Crippen LogP contribution < -0.4 is 5.32 Å². The number of hydrogen-bond donors (Lipinski definition) is 2. The second kappa shape index (κ2) is 6.76. The normalized spacial score (nSPS) is 18.8. The molecule has 0 aromatic heterocycles. The second-order valence-electron chi connectivity index (χ2n) is 4.89. The first-order valence-electron chi connectivity index (χ1n) is 6.55. The van der Waals surface area contributed by atoms with Gasteiger partial charge in [-0.3, -0.25) is 4.79 Å². The van der Waals surface area contributed by atoms with Gasteiger partial charge >= 0.3 is 5.97 Å². The molecule has 120 valence electrons. The summed E-state index contributed by atoms with van der Waals surface area (Å²) in [6, 6.07) is 5.28. The van der Waals surface area contributed by atoms with Crippen molar-refractivity contribution in [3.63, 3.8) is 0 Å². The number of carbonyl (C=O) groups excluding carboxylic acids is 1. The van der Waals surface area contributed by atoms with Crippen LogP contribution in [0.5, 0.6) is 0 Å².